The molecule has 0 aliphatic carbocycles. The normalized spacial score (nSPS) is 17.9. The van der Waals surface area contributed by atoms with Crippen LogP contribution in [0, 0.1) is 0 Å². The van der Waals surface area contributed by atoms with Gasteiger partial charge in [0.05, 0.1) is 24.6 Å². The van der Waals surface area contributed by atoms with E-state index in [0.717, 1.165) is 0 Å². The minimum absolute atomic E-state index is 0.0506. The third-order valence-corrected chi connectivity index (χ3v) is 4.15. The zero-order valence-electron chi connectivity index (χ0n) is 14.0. The molecule has 2 aromatic rings. The first-order valence-corrected chi connectivity index (χ1v) is 8.05. The molecule has 1 N–H and O–H groups in total. The Kier molecular flexibility index (Phi) is 4.54. The van der Waals surface area contributed by atoms with Crippen molar-refractivity contribution in [2.24, 2.45) is 0 Å². The molecular formula is C17H19N3O5. The van der Waals surface area contributed by atoms with Crippen molar-refractivity contribution in [1.82, 2.24) is 14.7 Å². The number of fused-ring (bicyclic) bond motifs is 1. The van der Waals surface area contributed by atoms with Crippen LogP contribution in [-0.4, -0.2) is 57.5 Å². The van der Waals surface area contributed by atoms with Crippen LogP contribution in [0.15, 0.2) is 29.1 Å². The molecular weight excluding hydrogens is 326 g/mol. The van der Waals surface area contributed by atoms with Gasteiger partial charge in [-0.05, 0) is 19.9 Å². The molecule has 132 valence electrons. The second-order valence-electron chi connectivity index (χ2n) is 6.19. The van der Waals surface area contributed by atoms with Gasteiger partial charge in [-0.1, -0.05) is 18.2 Å². The molecule has 1 atom stereocenters. The van der Waals surface area contributed by atoms with E-state index >= 15 is 0 Å². The smallest absolute Gasteiger partial charge is 0.334 e. The fraction of sp³-hybridized carbons (Fsp3) is 0.412. The van der Waals surface area contributed by atoms with Crippen LogP contribution >= 0.6 is 0 Å². The number of carbonyl (C=O) groups is 2. The fourth-order valence-corrected chi connectivity index (χ4v) is 2.85. The third-order valence-electron chi connectivity index (χ3n) is 4.15. The number of carboxylic acids is 1. The number of hydrogen-bond donors (Lipinski definition) is 1. The van der Waals surface area contributed by atoms with Gasteiger partial charge >= 0.3 is 5.97 Å². The molecule has 0 bridgehead atoms. The number of rotatable bonds is 3. The Hall–Kier alpha value is -2.74. The van der Waals surface area contributed by atoms with E-state index in [1.165, 1.54) is 9.58 Å². The molecule has 1 amide bonds. The first-order valence-electron chi connectivity index (χ1n) is 8.05. The topological polar surface area (TPSA) is 102 Å². The minimum atomic E-state index is -1.11. The van der Waals surface area contributed by atoms with Crippen molar-refractivity contribution in [2.75, 3.05) is 19.7 Å². The maximum Gasteiger partial charge on any atom is 0.334 e. The minimum Gasteiger partial charge on any atom is -0.479 e. The first kappa shape index (κ1) is 17.1. The molecule has 0 radical (unpaired) electrons. The van der Waals surface area contributed by atoms with Gasteiger partial charge < -0.3 is 14.7 Å². The highest BCUT2D eigenvalue weighted by Crippen LogP contribution is 2.18. The average molecular weight is 345 g/mol. The quantitative estimate of drug-likeness (QED) is 0.887. The second-order valence-corrected chi connectivity index (χ2v) is 6.19. The molecule has 1 unspecified atom stereocenters. The van der Waals surface area contributed by atoms with Crippen LogP contribution in [0.3, 0.4) is 0 Å². The number of carboxylic acid groups (broad SMARTS) is 1. The zero-order chi connectivity index (χ0) is 18.1. The summed E-state index contributed by atoms with van der Waals surface area (Å²) in [6.45, 7) is 3.99. The van der Waals surface area contributed by atoms with Gasteiger partial charge in [-0.25, -0.2) is 9.48 Å². The standard InChI is InChI=1S/C17H19N3O5/c1-10(2)20-15(21)12-6-4-3-5-11(12)14(18-20)16(22)19-7-8-25-13(9-19)17(23)24/h3-6,10,13H,7-9H2,1-2H3,(H,23,24). The summed E-state index contributed by atoms with van der Waals surface area (Å²) < 4.78 is 6.44. The van der Waals surface area contributed by atoms with Crippen LogP contribution < -0.4 is 5.56 Å². The number of benzene rings is 1. The molecule has 2 heterocycles. The molecule has 0 saturated carbocycles. The van der Waals surface area contributed by atoms with Gasteiger partial charge in [0.2, 0.25) is 0 Å². The molecule has 3 rings (SSSR count). The summed E-state index contributed by atoms with van der Waals surface area (Å²) in [5, 5.41) is 14.3. The summed E-state index contributed by atoms with van der Waals surface area (Å²) in [6, 6.07) is 6.60. The third kappa shape index (κ3) is 3.12. The van der Waals surface area contributed by atoms with Gasteiger partial charge in [-0.3, -0.25) is 9.59 Å². The molecule has 1 aliphatic rings. The highest BCUT2D eigenvalue weighted by molar-refractivity contribution is 6.05. The van der Waals surface area contributed by atoms with E-state index < -0.39 is 18.0 Å². The Morgan fingerprint density at radius 2 is 1.96 bits per heavy atom. The SMILES string of the molecule is CC(C)n1nc(C(=O)N2CCOC(C(=O)O)C2)c2ccccc2c1=O. The Labute approximate surface area is 143 Å². The van der Waals surface area contributed by atoms with Crippen LogP contribution in [0.1, 0.15) is 30.4 Å². The monoisotopic (exact) mass is 345 g/mol. The largest absolute Gasteiger partial charge is 0.479 e. The van der Waals surface area contributed by atoms with Gasteiger partial charge in [-0.2, -0.15) is 5.10 Å². The lowest BCUT2D eigenvalue weighted by molar-refractivity contribution is -0.154. The van der Waals surface area contributed by atoms with E-state index in [0.29, 0.717) is 10.8 Å². The number of aromatic nitrogens is 2. The van der Waals surface area contributed by atoms with Crippen molar-refractivity contribution in [3.63, 3.8) is 0 Å². The van der Waals surface area contributed by atoms with Crippen molar-refractivity contribution in [1.29, 1.82) is 0 Å². The summed E-state index contributed by atoms with van der Waals surface area (Å²) >= 11 is 0. The molecule has 1 saturated heterocycles. The maximum atomic E-state index is 13.0. The zero-order valence-corrected chi connectivity index (χ0v) is 14.0. The van der Waals surface area contributed by atoms with Crippen LogP contribution in [0.4, 0.5) is 0 Å². The summed E-state index contributed by atoms with van der Waals surface area (Å²) in [5.74, 6) is -1.51. The van der Waals surface area contributed by atoms with Crippen molar-refractivity contribution < 1.29 is 19.4 Å². The maximum absolute atomic E-state index is 13.0. The van der Waals surface area contributed by atoms with Gasteiger partial charge in [0.25, 0.3) is 11.5 Å². The van der Waals surface area contributed by atoms with Crippen molar-refractivity contribution >= 4 is 22.6 Å². The summed E-state index contributed by atoms with van der Waals surface area (Å²) in [6.07, 6.45) is -1.06. The van der Waals surface area contributed by atoms with Crippen LogP contribution in [-0.2, 0) is 9.53 Å². The Morgan fingerprint density at radius 3 is 2.60 bits per heavy atom. The molecule has 1 aromatic carbocycles. The van der Waals surface area contributed by atoms with E-state index in [2.05, 4.69) is 5.10 Å². The number of ether oxygens (including phenoxy) is 1. The summed E-state index contributed by atoms with van der Waals surface area (Å²) in [7, 11) is 0. The summed E-state index contributed by atoms with van der Waals surface area (Å²) in [5.41, 5.74) is -0.109. The Morgan fingerprint density at radius 1 is 1.28 bits per heavy atom. The van der Waals surface area contributed by atoms with Crippen molar-refractivity contribution in [2.45, 2.75) is 26.0 Å². The van der Waals surface area contributed by atoms with Gasteiger partial charge in [0.1, 0.15) is 0 Å². The molecule has 1 aromatic heterocycles. The molecule has 1 fully saturated rings. The second kappa shape index (κ2) is 6.64. The molecule has 1 aliphatic heterocycles. The predicted molar refractivity (Wildman–Crippen MR) is 89.7 cm³/mol. The van der Waals surface area contributed by atoms with E-state index in [1.54, 1.807) is 24.3 Å². The molecule has 8 nitrogen and oxygen atoms in total. The van der Waals surface area contributed by atoms with Crippen molar-refractivity contribution in [3.05, 3.63) is 40.3 Å². The Balaban J connectivity index is 2.08. The van der Waals surface area contributed by atoms with Gasteiger partial charge in [0, 0.05) is 11.9 Å². The Bertz CT molecular complexity index is 889. The number of amides is 1. The lowest BCUT2D eigenvalue weighted by Gasteiger charge is -2.31. The molecule has 25 heavy (non-hydrogen) atoms. The highest BCUT2D eigenvalue weighted by Gasteiger charge is 2.31. The molecule has 8 heteroatoms. The van der Waals surface area contributed by atoms with Gasteiger partial charge in [-0.15, -0.1) is 0 Å². The van der Waals surface area contributed by atoms with E-state index in [1.807, 2.05) is 13.8 Å². The molecule has 0 spiro atoms. The fourth-order valence-electron chi connectivity index (χ4n) is 2.85. The van der Waals surface area contributed by atoms with E-state index in [-0.39, 0.29) is 37.0 Å². The predicted octanol–water partition coefficient (Wildman–Crippen LogP) is 0.903. The lowest BCUT2D eigenvalue weighted by atomic mass is 10.1. The number of aliphatic carboxylic acids is 1. The average Bonchev–Trinajstić information content (AvgIpc) is 2.61. The van der Waals surface area contributed by atoms with Gasteiger partial charge in [0.15, 0.2) is 11.8 Å². The lowest BCUT2D eigenvalue weighted by Crippen LogP contribution is -2.49. The van der Waals surface area contributed by atoms with Crippen LogP contribution in [0.5, 0.6) is 0 Å². The van der Waals surface area contributed by atoms with E-state index in [4.69, 9.17) is 9.84 Å². The van der Waals surface area contributed by atoms with Crippen LogP contribution in [0.2, 0.25) is 0 Å². The number of carbonyl (C=O) groups excluding carboxylic acids is 1. The number of hydrogen-bond acceptors (Lipinski definition) is 5. The van der Waals surface area contributed by atoms with Crippen molar-refractivity contribution in [3.8, 4) is 0 Å². The van der Waals surface area contributed by atoms with Crippen LogP contribution in [0.25, 0.3) is 10.8 Å². The first-order chi connectivity index (χ1) is 11.9. The summed E-state index contributed by atoms with van der Waals surface area (Å²) in [4.78, 5) is 38.1. The highest BCUT2D eigenvalue weighted by atomic mass is 16.5. The number of nitrogens with zero attached hydrogens (tertiary/aromatic N) is 3. The van der Waals surface area contributed by atoms with E-state index in [9.17, 15) is 14.4 Å². The number of morpholine rings is 1.